The Kier molecular flexibility index (Phi) is 6.37. The van der Waals surface area contributed by atoms with E-state index in [1.807, 2.05) is 0 Å². The Hall–Kier alpha value is -3.84. The van der Waals surface area contributed by atoms with Crippen molar-refractivity contribution in [2.75, 3.05) is 43.4 Å². The standard InChI is InChI=1S/C27H25F3N6O3S/c1-3-20(38)34-7-9-35(10-8-34)25-18-11-19(27(28,29)30)21(17-6-4-5-15-12-31-33(2)22(15)17)24-23(18)36(26(39)32-25)16(13-37)14-40-24/h3-6,11-12,16,37H,1,7-10,13-14H2,2H3/t16-/m0/s1. The van der Waals surface area contributed by atoms with Gasteiger partial charge in [-0.05, 0) is 12.1 Å². The fourth-order valence-electron chi connectivity index (χ4n) is 5.66. The fourth-order valence-corrected chi connectivity index (χ4v) is 6.98. The number of alkyl halides is 3. The molecule has 1 N–H and O–H groups in total. The van der Waals surface area contributed by atoms with Gasteiger partial charge in [-0.2, -0.15) is 23.3 Å². The number of carbonyl (C=O) groups excluding carboxylic acids is 1. The molecule has 4 aromatic rings. The smallest absolute Gasteiger partial charge is 0.394 e. The molecule has 0 spiro atoms. The number of para-hydroxylation sites is 1. The first kappa shape index (κ1) is 26.4. The lowest BCUT2D eigenvalue weighted by atomic mass is 9.94. The molecule has 9 nitrogen and oxygen atoms in total. The number of piperazine rings is 1. The first-order chi connectivity index (χ1) is 19.1. The van der Waals surface area contributed by atoms with Crippen molar-refractivity contribution in [2.24, 2.45) is 7.05 Å². The molecule has 0 bridgehead atoms. The van der Waals surface area contributed by atoms with Crippen molar-refractivity contribution >= 4 is 45.3 Å². The highest BCUT2D eigenvalue weighted by atomic mass is 32.2. The van der Waals surface area contributed by atoms with Crippen LogP contribution in [0.1, 0.15) is 11.6 Å². The van der Waals surface area contributed by atoms with Crippen LogP contribution in [0.5, 0.6) is 0 Å². The first-order valence-electron chi connectivity index (χ1n) is 12.7. The Labute approximate surface area is 230 Å². The largest absolute Gasteiger partial charge is 0.417 e. The van der Waals surface area contributed by atoms with Crippen molar-refractivity contribution in [1.29, 1.82) is 0 Å². The van der Waals surface area contributed by atoms with E-state index in [-0.39, 0.29) is 48.1 Å². The summed E-state index contributed by atoms with van der Waals surface area (Å²) in [5, 5.41) is 15.2. The number of carbonyl (C=O) groups is 1. The van der Waals surface area contributed by atoms with Crippen LogP contribution in [0, 0.1) is 0 Å². The number of fused-ring (bicyclic) bond motifs is 1. The molecule has 1 saturated heterocycles. The Bertz CT molecular complexity index is 1740. The maximum atomic E-state index is 14.9. The molecule has 6 rings (SSSR count). The van der Waals surface area contributed by atoms with Crippen molar-refractivity contribution < 1.29 is 23.1 Å². The quantitative estimate of drug-likeness (QED) is 0.376. The zero-order chi connectivity index (χ0) is 28.3. The van der Waals surface area contributed by atoms with Gasteiger partial charge < -0.3 is 14.9 Å². The monoisotopic (exact) mass is 570 g/mol. The van der Waals surface area contributed by atoms with Crippen LogP contribution >= 0.6 is 11.8 Å². The number of halogens is 3. The number of aromatic nitrogens is 4. The van der Waals surface area contributed by atoms with E-state index in [1.165, 1.54) is 22.4 Å². The minimum absolute atomic E-state index is 0.0257. The molecule has 1 fully saturated rings. The van der Waals surface area contributed by atoms with Crippen molar-refractivity contribution in [3.05, 3.63) is 59.2 Å². The maximum absolute atomic E-state index is 14.9. The van der Waals surface area contributed by atoms with Gasteiger partial charge in [-0.15, -0.1) is 11.8 Å². The predicted molar refractivity (Wildman–Crippen MR) is 147 cm³/mol. The lowest BCUT2D eigenvalue weighted by Gasteiger charge is -2.36. The first-order valence-corrected chi connectivity index (χ1v) is 13.6. The summed E-state index contributed by atoms with van der Waals surface area (Å²) in [4.78, 5) is 33.4. The number of aliphatic hydroxyl groups excluding tert-OH is 1. The minimum atomic E-state index is -4.72. The summed E-state index contributed by atoms with van der Waals surface area (Å²) in [7, 11) is 1.68. The molecule has 1 amide bonds. The SMILES string of the molecule is C=CC(=O)N1CCN(c2nc(=O)n3c4c(c(-c5cccc6cnn(C)c56)c(C(F)(F)F)cc24)SC[C@@H]3CO)CC1. The zero-order valence-corrected chi connectivity index (χ0v) is 22.3. The minimum Gasteiger partial charge on any atom is -0.394 e. The predicted octanol–water partition coefficient (Wildman–Crippen LogP) is 3.44. The number of anilines is 1. The average Bonchev–Trinajstić information content (AvgIpc) is 3.34. The number of rotatable bonds is 4. The molecule has 13 heteroatoms. The van der Waals surface area contributed by atoms with Crippen LogP contribution in [0.15, 0.2) is 52.8 Å². The van der Waals surface area contributed by atoms with Crippen LogP contribution in [-0.4, -0.2) is 73.8 Å². The van der Waals surface area contributed by atoms with E-state index in [9.17, 15) is 27.9 Å². The molecule has 208 valence electrons. The molecule has 0 aliphatic carbocycles. The molecule has 2 aromatic carbocycles. The summed E-state index contributed by atoms with van der Waals surface area (Å²) < 4.78 is 47.5. The molecule has 2 aromatic heterocycles. The molecule has 2 aliphatic rings. The van der Waals surface area contributed by atoms with Crippen molar-refractivity contribution in [3.63, 3.8) is 0 Å². The van der Waals surface area contributed by atoms with Crippen LogP contribution in [0.2, 0.25) is 0 Å². The summed E-state index contributed by atoms with van der Waals surface area (Å²) >= 11 is 1.19. The molecule has 0 radical (unpaired) electrons. The number of aryl methyl sites for hydroxylation is 1. The maximum Gasteiger partial charge on any atom is 0.417 e. The molecule has 2 aliphatic heterocycles. The van der Waals surface area contributed by atoms with E-state index in [0.29, 0.717) is 40.0 Å². The molecule has 0 unspecified atom stereocenters. The Morgan fingerprint density at radius 3 is 2.65 bits per heavy atom. The van der Waals surface area contributed by atoms with Crippen LogP contribution in [0.3, 0.4) is 0 Å². The third-order valence-electron chi connectivity index (χ3n) is 7.54. The number of amides is 1. The van der Waals surface area contributed by atoms with Gasteiger partial charge in [0, 0.05) is 65.8 Å². The van der Waals surface area contributed by atoms with Crippen LogP contribution in [0.4, 0.5) is 19.0 Å². The summed E-state index contributed by atoms with van der Waals surface area (Å²) in [5.74, 6) is 0.107. The summed E-state index contributed by atoms with van der Waals surface area (Å²) in [6.45, 7) is 4.34. The van der Waals surface area contributed by atoms with E-state index < -0.39 is 23.5 Å². The number of hydrogen-bond donors (Lipinski definition) is 1. The highest BCUT2D eigenvalue weighted by Crippen LogP contribution is 2.50. The van der Waals surface area contributed by atoms with Crippen molar-refractivity contribution in [2.45, 2.75) is 17.1 Å². The number of nitrogens with zero attached hydrogens (tertiary/aromatic N) is 6. The summed E-state index contributed by atoms with van der Waals surface area (Å²) in [5.41, 5.74) is -0.297. The molecule has 40 heavy (non-hydrogen) atoms. The fraction of sp³-hybridized carbons (Fsp3) is 0.333. The summed E-state index contributed by atoms with van der Waals surface area (Å²) in [6, 6.07) is 5.54. The van der Waals surface area contributed by atoms with Gasteiger partial charge in [0.1, 0.15) is 5.82 Å². The topological polar surface area (TPSA) is 96.5 Å². The van der Waals surface area contributed by atoms with Crippen LogP contribution in [-0.2, 0) is 18.0 Å². The highest BCUT2D eigenvalue weighted by Gasteiger charge is 2.40. The zero-order valence-electron chi connectivity index (χ0n) is 21.5. The Balaban J connectivity index is 1.67. The van der Waals surface area contributed by atoms with E-state index in [4.69, 9.17) is 0 Å². The number of aliphatic hydroxyl groups is 1. The van der Waals surface area contributed by atoms with Crippen molar-refractivity contribution in [1.82, 2.24) is 24.2 Å². The van der Waals surface area contributed by atoms with E-state index >= 15 is 0 Å². The number of hydrogen-bond acceptors (Lipinski definition) is 7. The molecule has 4 heterocycles. The lowest BCUT2D eigenvalue weighted by molar-refractivity contribution is -0.137. The third-order valence-corrected chi connectivity index (χ3v) is 8.78. The molecular weight excluding hydrogens is 545 g/mol. The van der Waals surface area contributed by atoms with Gasteiger partial charge in [0.05, 0.1) is 35.4 Å². The van der Waals surface area contributed by atoms with Gasteiger partial charge in [-0.1, -0.05) is 24.8 Å². The highest BCUT2D eigenvalue weighted by molar-refractivity contribution is 7.99. The van der Waals surface area contributed by atoms with Gasteiger partial charge in [0.25, 0.3) is 0 Å². The van der Waals surface area contributed by atoms with Gasteiger partial charge >= 0.3 is 11.9 Å². The normalized spacial score (nSPS) is 17.6. The third kappa shape index (κ3) is 4.06. The second-order valence-corrected chi connectivity index (χ2v) is 10.8. The van der Waals surface area contributed by atoms with Gasteiger partial charge in [-0.3, -0.25) is 14.0 Å². The van der Waals surface area contributed by atoms with Gasteiger partial charge in [-0.25, -0.2) is 4.79 Å². The lowest BCUT2D eigenvalue weighted by Crippen LogP contribution is -2.49. The molecular formula is C27H25F3N6O3S. The van der Waals surface area contributed by atoms with E-state index in [2.05, 4.69) is 16.7 Å². The molecule has 1 atom stereocenters. The second-order valence-electron chi connectivity index (χ2n) is 9.79. The van der Waals surface area contributed by atoms with Crippen LogP contribution < -0.4 is 10.6 Å². The number of benzene rings is 2. The Morgan fingerprint density at radius 2 is 1.98 bits per heavy atom. The van der Waals surface area contributed by atoms with Crippen molar-refractivity contribution in [3.8, 4) is 11.1 Å². The van der Waals surface area contributed by atoms with Crippen LogP contribution in [0.25, 0.3) is 32.9 Å². The second kappa shape index (κ2) is 9.66. The van der Waals surface area contributed by atoms with E-state index in [1.54, 1.807) is 45.9 Å². The van der Waals surface area contributed by atoms with Gasteiger partial charge in [0.15, 0.2) is 0 Å². The summed E-state index contributed by atoms with van der Waals surface area (Å²) in [6.07, 6.45) is -1.90. The van der Waals surface area contributed by atoms with Gasteiger partial charge in [0.2, 0.25) is 5.91 Å². The Morgan fingerprint density at radius 1 is 1.23 bits per heavy atom. The average molecular weight is 571 g/mol. The van der Waals surface area contributed by atoms with E-state index in [0.717, 1.165) is 6.07 Å². The number of thioether (sulfide) groups is 1. The molecule has 0 saturated carbocycles.